The second-order valence-corrected chi connectivity index (χ2v) is 8.55. The first-order chi connectivity index (χ1) is 16.6. The van der Waals surface area contributed by atoms with Crippen molar-refractivity contribution in [2.24, 2.45) is 5.73 Å². The van der Waals surface area contributed by atoms with Crippen LogP contribution in [0.3, 0.4) is 0 Å². The molecule has 8 nitrogen and oxygen atoms in total. The maximum Gasteiger partial charge on any atom is 0.254 e. The molecule has 3 aromatic rings. The van der Waals surface area contributed by atoms with Gasteiger partial charge in [0.25, 0.3) is 5.91 Å². The number of aromatic nitrogens is 2. The topological polar surface area (TPSA) is 102 Å². The van der Waals surface area contributed by atoms with Crippen LogP contribution < -0.4 is 15.8 Å². The molecule has 5 rings (SSSR count). The van der Waals surface area contributed by atoms with E-state index < -0.39 is 5.91 Å². The highest BCUT2D eigenvalue weighted by Gasteiger charge is 2.39. The number of hydrogen-bond acceptors (Lipinski definition) is 5. The van der Waals surface area contributed by atoms with E-state index in [4.69, 9.17) is 15.6 Å². The van der Waals surface area contributed by atoms with Crippen molar-refractivity contribution in [3.63, 3.8) is 0 Å². The zero-order chi connectivity index (χ0) is 23.7. The molecule has 0 bridgehead atoms. The van der Waals surface area contributed by atoms with Crippen LogP contribution in [0.5, 0.6) is 11.5 Å². The lowest BCUT2D eigenvalue weighted by Crippen LogP contribution is -2.43. The van der Waals surface area contributed by atoms with E-state index in [0.29, 0.717) is 35.9 Å². The first-order valence-corrected chi connectivity index (χ1v) is 11.5. The van der Waals surface area contributed by atoms with Gasteiger partial charge in [-0.1, -0.05) is 24.8 Å². The van der Waals surface area contributed by atoms with E-state index in [2.05, 4.69) is 11.9 Å². The highest BCUT2D eigenvalue weighted by Crippen LogP contribution is 2.39. The molecule has 1 fully saturated rings. The summed E-state index contributed by atoms with van der Waals surface area (Å²) < 4.78 is 7.74. The lowest BCUT2D eigenvalue weighted by atomic mass is 10.00. The van der Waals surface area contributed by atoms with Gasteiger partial charge < -0.3 is 20.7 Å². The van der Waals surface area contributed by atoms with Crippen LogP contribution >= 0.6 is 0 Å². The molecule has 0 spiro atoms. The Bertz CT molecular complexity index is 1220. The quantitative estimate of drug-likeness (QED) is 0.545. The number of nitrogens with zero attached hydrogens (tertiary/aromatic N) is 3. The van der Waals surface area contributed by atoms with Crippen LogP contribution in [-0.2, 0) is 4.79 Å². The monoisotopic (exact) mass is 457 g/mol. The molecular weight excluding hydrogens is 430 g/mol. The zero-order valence-corrected chi connectivity index (χ0v) is 18.8. The maximum atomic E-state index is 12.5. The number of ether oxygens (including phenoxy) is 1. The Hall–Kier alpha value is -4.07. The van der Waals surface area contributed by atoms with Gasteiger partial charge in [-0.15, -0.1) is 0 Å². The Morgan fingerprint density at radius 3 is 2.50 bits per heavy atom. The predicted molar refractivity (Wildman–Crippen MR) is 130 cm³/mol. The maximum absolute atomic E-state index is 12.5. The molecule has 174 valence electrons. The molecule has 3 N–H and O–H groups in total. The second-order valence-electron chi connectivity index (χ2n) is 8.55. The number of para-hydroxylation sites is 1. The van der Waals surface area contributed by atoms with Gasteiger partial charge in [0.1, 0.15) is 28.6 Å². The number of primary amides is 1. The molecule has 2 aliphatic rings. The summed E-state index contributed by atoms with van der Waals surface area (Å²) in [5.74, 6) is 1.42. The van der Waals surface area contributed by atoms with Gasteiger partial charge in [0.05, 0.1) is 12.1 Å². The van der Waals surface area contributed by atoms with Crippen LogP contribution in [0.1, 0.15) is 35.7 Å². The summed E-state index contributed by atoms with van der Waals surface area (Å²) in [6, 6.07) is 16.9. The normalized spacial score (nSPS) is 19.2. The van der Waals surface area contributed by atoms with Crippen LogP contribution in [0.2, 0.25) is 0 Å². The Kier molecular flexibility index (Phi) is 5.79. The van der Waals surface area contributed by atoms with Crippen molar-refractivity contribution >= 4 is 17.6 Å². The number of amides is 2. The molecule has 3 heterocycles. The first-order valence-electron chi connectivity index (χ1n) is 11.5. The molecule has 34 heavy (non-hydrogen) atoms. The van der Waals surface area contributed by atoms with Crippen LogP contribution in [0.15, 0.2) is 67.3 Å². The molecule has 2 aromatic carbocycles. The van der Waals surface area contributed by atoms with Gasteiger partial charge in [-0.05, 0) is 61.7 Å². The van der Waals surface area contributed by atoms with Crippen LogP contribution in [-0.4, -0.2) is 45.6 Å². The van der Waals surface area contributed by atoms with E-state index in [1.54, 1.807) is 0 Å². The SMILES string of the molecule is C=CC(=O)N1CCCC1C1CCNc2c(C(N)=O)c(-c3ccc(Oc4ccccc4)cc3)nn21. The molecule has 1 saturated heterocycles. The number of rotatable bonds is 6. The zero-order valence-electron chi connectivity index (χ0n) is 18.8. The van der Waals surface area contributed by atoms with E-state index in [9.17, 15) is 9.59 Å². The minimum Gasteiger partial charge on any atom is -0.457 e. The summed E-state index contributed by atoms with van der Waals surface area (Å²) in [6.07, 6.45) is 3.98. The Morgan fingerprint density at radius 2 is 1.79 bits per heavy atom. The van der Waals surface area contributed by atoms with Gasteiger partial charge in [0, 0.05) is 18.7 Å². The van der Waals surface area contributed by atoms with Gasteiger partial charge in [-0.3, -0.25) is 9.59 Å². The van der Waals surface area contributed by atoms with Crippen molar-refractivity contribution in [3.8, 4) is 22.8 Å². The van der Waals surface area contributed by atoms with Gasteiger partial charge in [0.15, 0.2) is 0 Å². The first kappa shape index (κ1) is 21.8. The second kappa shape index (κ2) is 9.05. The summed E-state index contributed by atoms with van der Waals surface area (Å²) in [4.78, 5) is 26.8. The average molecular weight is 458 g/mol. The predicted octanol–water partition coefficient (Wildman–Crippen LogP) is 3.98. The van der Waals surface area contributed by atoms with Crippen molar-refractivity contribution in [3.05, 3.63) is 72.8 Å². The Balaban J connectivity index is 1.49. The third kappa shape index (κ3) is 3.91. The molecule has 0 radical (unpaired) electrons. The molecular formula is C26H27N5O3. The average Bonchev–Trinajstić information content (AvgIpc) is 3.50. The number of carbonyl (C=O) groups excluding carboxylic acids is 2. The Labute approximate surface area is 198 Å². The molecule has 2 unspecified atom stereocenters. The number of likely N-dealkylation sites (tertiary alicyclic amines) is 1. The summed E-state index contributed by atoms with van der Waals surface area (Å²) in [7, 11) is 0. The van der Waals surface area contributed by atoms with Crippen molar-refractivity contribution in [2.45, 2.75) is 31.3 Å². The van der Waals surface area contributed by atoms with Gasteiger partial charge in [-0.2, -0.15) is 5.10 Å². The number of benzene rings is 2. The molecule has 8 heteroatoms. The minimum atomic E-state index is -0.542. The third-order valence-electron chi connectivity index (χ3n) is 6.51. The smallest absolute Gasteiger partial charge is 0.254 e. The van der Waals surface area contributed by atoms with Gasteiger partial charge in [-0.25, -0.2) is 4.68 Å². The standard InChI is InChI=1S/C26H27N5O3/c1-2-22(32)30-16-6-9-20(30)21-14-15-28-26-23(25(27)33)24(29-31(21)26)17-10-12-19(13-11-17)34-18-7-4-3-5-8-18/h2-5,7-8,10-13,20-21,28H,1,6,9,14-16H2,(H2,27,33). The molecule has 2 amide bonds. The molecule has 0 aliphatic carbocycles. The van der Waals surface area contributed by atoms with Crippen LogP contribution in [0, 0.1) is 0 Å². The summed E-state index contributed by atoms with van der Waals surface area (Å²) in [5, 5.41) is 8.16. The van der Waals surface area contributed by atoms with E-state index in [1.165, 1.54) is 6.08 Å². The van der Waals surface area contributed by atoms with E-state index in [0.717, 1.165) is 30.6 Å². The van der Waals surface area contributed by atoms with Gasteiger partial charge >= 0.3 is 0 Å². The van der Waals surface area contributed by atoms with Crippen molar-refractivity contribution in [1.82, 2.24) is 14.7 Å². The highest BCUT2D eigenvalue weighted by atomic mass is 16.5. The number of nitrogens with one attached hydrogen (secondary N) is 1. The van der Waals surface area contributed by atoms with Crippen LogP contribution in [0.4, 0.5) is 5.82 Å². The lowest BCUT2D eigenvalue weighted by Gasteiger charge is -2.35. The Morgan fingerprint density at radius 1 is 1.06 bits per heavy atom. The van der Waals surface area contributed by atoms with E-state index >= 15 is 0 Å². The third-order valence-corrected chi connectivity index (χ3v) is 6.51. The molecule has 0 saturated carbocycles. The fourth-order valence-electron chi connectivity index (χ4n) is 4.98. The molecule has 1 aromatic heterocycles. The number of anilines is 1. The summed E-state index contributed by atoms with van der Waals surface area (Å²) in [5.41, 5.74) is 7.46. The number of hydrogen-bond donors (Lipinski definition) is 2. The lowest BCUT2D eigenvalue weighted by molar-refractivity contribution is -0.127. The number of nitrogens with two attached hydrogens (primary N) is 1. The fraction of sp³-hybridized carbons (Fsp3) is 0.269. The van der Waals surface area contributed by atoms with E-state index in [-0.39, 0.29) is 18.0 Å². The number of carbonyl (C=O) groups is 2. The molecule has 2 atom stereocenters. The summed E-state index contributed by atoms with van der Waals surface area (Å²) >= 11 is 0. The van der Waals surface area contributed by atoms with Crippen molar-refractivity contribution in [2.75, 3.05) is 18.4 Å². The molecule has 2 aliphatic heterocycles. The van der Waals surface area contributed by atoms with Crippen molar-refractivity contribution < 1.29 is 14.3 Å². The van der Waals surface area contributed by atoms with Crippen LogP contribution in [0.25, 0.3) is 11.3 Å². The van der Waals surface area contributed by atoms with Crippen molar-refractivity contribution in [1.29, 1.82) is 0 Å². The van der Waals surface area contributed by atoms with E-state index in [1.807, 2.05) is 64.2 Å². The minimum absolute atomic E-state index is 0.00137. The number of fused-ring (bicyclic) bond motifs is 1. The fourth-order valence-corrected chi connectivity index (χ4v) is 4.98. The highest BCUT2D eigenvalue weighted by molar-refractivity contribution is 6.04. The largest absolute Gasteiger partial charge is 0.457 e. The van der Waals surface area contributed by atoms with Gasteiger partial charge in [0.2, 0.25) is 5.91 Å². The summed E-state index contributed by atoms with van der Waals surface area (Å²) in [6.45, 7) is 5.02.